The number of carbonyl (C=O) groups is 1. The van der Waals surface area contributed by atoms with Crippen LogP contribution in [0.1, 0.15) is 38.5 Å². The standard InChI is InChI=1S/C12H19N3O/c13-10-11-6-5-9-15(11)12(16)14-7-3-1-2-4-8-14/h11H,1-9H2. The lowest BCUT2D eigenvalue weighted by Crippen LogP contribution is -2.45. The second-order valence-corrected chi connectivity index (χ2v) is 4.66. The van der Waals surface area contributed by atoms with Gasteiger partial charge in [0.25, 0.3) is 0 Å². The number of urea groups is 1. The van der Waals surface area contributed by atoms with E-state index in [2.05, 4.69) is 6.07 Å². The van der Waals surface area contributed by atoms with Crippen LogP contribution in [-0.4, -0.2) is 41.5 Å². The van der Waals surface area contributed by atoms with Crippen LogP contribution in [0.4, 0.5) is 4.79 Å². The molecule has 0 aromatic carbocycles. The van der Waals surface area contributed by atoms with Gasteiger partial charge < -0.3 is 9.80 Å². The zero-order valence-electron chi connectivity index (χ0n) is 9.69. The zero-order chi connectivity index (χ0) is 11.4. The molecular formula is C12H19N3O. The smallest absolute Gasteiger partial charge is 0.321 e. The number of nitriles is 1. The lowest BCUT2D eigenvalue weighted by atomic mass is 10.2. The summed E-state index contributed by atoms with van der Waals surface area (Å²) >= 11 is 0. The molecule has 2 aliphatic rings. The molecule has 2 saturated heterocycles. The van der Waals surface area contributed by atoms with Crippen LogP contribution < -0.4 is 0 Å². The van der Waals surface area contributed by atoms with E-state index in [4.69, 9.17) is 5.26 Å². The van der Waals surface area contributed by atoms with Gasteiger partial charge in [0, 0.05) is 19.6 Å². The Hall–Kier alpha value is -1.24. The van der Waals surface area contributed by atoms with Gasteiger partial charge in [-0.3, -0.25) is 0 Å². The van der Waals surface area contributed by atoms with Crippen molar-refractivity contribution in [1.82, 2.24) is 9.80 Å². The van der Waals surface area contributed by atoms with Crippen molar-refractivity contribution < 1.29 is 4.79 Å². The van der Waals surface area contributed by atoms with Crippen molar-refractivity contribution in [1.29, 1.82) is 5.26 Å². The van der Waals surface area contributed by atoms with Crippen molar-refractivity contribution in [3.63, 3.8) is 0 Å². The van der Waals surface area contributed by atoms with E-state index in [0.717, 1.165) is 45.3 Å². The molecule has 4 heteroatoms. The minimum Gasteiger partial charge on any atom is -0.325 e. The molecule has 16 heavy (non-hydrogen) atoms. The molecular weight excluding hydrogens is 202 g/mol. The highest BCUT2D eigenvalue weighted by atomic mass is 16.2. The maximum absolute atomic E-state index is 12.2. The Balaban J connectivity index is 1.97. The first kappa shape index (κ1) is 11.3. The lowest BCUT2D eigenvalue weighted by Gasteiger charge is -2.28. The van der Waals surface area contributed by atoms with Crippen LogP contribution in [0.15, 0.2) is 0 Å². The number of amides is 2. The summed E-state index contributed by atoms with van der Waals surface area (Å²) in [4.78, 5) is 15.9. The highest BCUT2D eigenvalue weighted by Crippen LogP contribution is 2.20. The molecule has 0 spiro atoms. The number of likely N-dealkylation sites (tertiary alicyclic amines) is 2. The van der Waals surface area contributed by atoms with E-state index in [9.17, 15) is 4.79 Å². The molecule has 2 aliphatic heterocycles. The number of hydrogen-bond acceptors (Lipinski definition) is 2. The van der Waals surface area contributed by atoms with Crippen molar-refractivity contribution in [2.45, 2.75) is 44.6 Å². The molecule has 0 radical (unpaired) electrons. The summed E-state index contributed by atoms with van der Waals surface area (Å²) in [5.74, 6) is 0. The number of rotatable bonds is 0. The molecule has 2 heterocycles. The molecule has 4 nitrogen and oxygen atoms in total. The molecule has 2 fully saturated rings. The van der Waals surface area contributed by atoms with Crippen LogP contribution in [0.3, 0.4) is 0 Å². The van der Waals surface area contributed by atoms with Crippen LogP contribution in [0.5, 0.6) is 0 Å². The van der Waals surface area contributed by atoms with Crippen molar-refractivity contribution in [2.24, 2.45) is 0 Å². The maximum Gasteiger partial charge on any atom is 0.321 e. The third-order valence-electron chi connectivity index (χ3n) is 3.52. The third-order valence-corrected chi connectivity index (χ3v) is 3.52. The summed E-state index contributed by atoms with van der Waals surface area (Å²) < 4.78 is 0. The van der Waals surface area contributed by atoms with Gasteiger partial charge in [-0.15, -0.1) is 0 Å². The summed E-state index contributed by atoms with van der Waals surface area (Å²) in [7, 11) is 0. The van der Waals surface area contributed by atoms with Gasteiger partial charge in [0.1, 0.15) is 6.04 Å². The Bertz CT molecular complexity index is 289. The predicted molar refractivity (Wildman–Crippen MR) is 60.8 cm³/mol. The molecule has 2 amide bonds. The lowest BCUT2D eigenvalue weighted by molar-refractivity contribution is 0.157. The molecule has 0 aromatic heterocycles. The summed E-state index contributed by atoms with van der Waals surface area (Å²) in [6, 6.07) is 2.13. The van der Waals surface area contributed by atoms with Crippen LogP contribution >= 0.6 is 0 Å². The Labute approximate surface area is 96.8 Å². The highest BCUT2D eigenvalue weighted by molar-refractivity contribution is 5.75. The SMILES string of the molecule is N#CC1CCCN1C(=O)N1CCCCCC1. The molecule has 2 rings (SSSR count). The van der Waals surface area contributed by atoms with Crippen LogP contribution in [0.25, 0.3) is 0 Å². The first-order valence-electron chi connectivity index (χ1n) is 6.28. The van der Waals surface area contributed by atoms with Crippen molar-refractivity contribution in [2.75, 3.05) is 19.6 Å². The van der Waals surface area contributed by atoms with Gasteiger partial charge in [-0.25, -0.2) is 4.79 Å². The minimum absolute atomic E-state index is 0.0888. The predicted octanol–water partition coefficient (Wildman–Crippen LogP) is 1.97. The van der Waals surface area contributed by atoms with Gasteiger partial charge in [-0.2, -0.15) is 5.26 Å². The van der Waals surface area contributed by atoms with Crippen LogP contribution in [0, 0.1) is 11.3 Å². The van der Waals surface area contributed by atoms with Crippen LogP contribution in [0.2, 0.25) is 0 Å². The quantitative estimate of drug-likeness (QED) is 0.628. The third kappa shape index (κ3) is 2.29. The summed E-state index contributed by atoms with van der Waals surface area (Å²) in [5.41, 5.74) is 0. The van der Waals surface area contributed by atoms with Gasteiger partial charge in [0.2, 0.25) is 0 Å². The van der Waals surface area contributed by atoms with E-state index >= 15 is 0 Å². The Morgan fingerprint density at radius 2 is 1.75 bits per heavy atom. The second kappa shape index (κ2) is 5.20. The van der Waals surface area contributed by atoms with Crippen molar-refractivity contribution >= 4 is 6.03 Å². The molecule has 88 valence electrons. The average Bonchev–Trinajstić information content (AvgIpc) is 2.61. The fourth-order valence-corrected chi connectivity index (χ4v) is 2.57. The van der Waals surface area contributed by atoms with Gasteiger partial charge in [-0.05, 0) is 25.7 Å². The van der Waals surface area contributed by atoms with Gasteiger partial charge >= 0.3 is 6.03 Å². The molecule has 1 atom stereocenters. The summed E-state index contributed by atoms with van der Waals surface area (Å²) in [6.45, 7) is 2.49. The first-order valence-corrected chi connectivity index (χ1v) is 6.28. The number of carbonyl (C=O) groups excluding carboxylic acids is 1. The van der Waals surface area contributed by atoms with Gasteiger partial charge in [0.05, 0.1) is 6.07 Å². The molecule has 0 aromatic rings. The fourth-order valence-electron chi connectivity index (χ4n) is 2.57. The first-order chi connectivity index (χ1) is 7.83. The molecule has 0 N–H and O–H groups in total. The summed E-state index contributed by atoms with van der Waals surface area (Å²) in [5, 5.41) is 8.98. The monoisotopic (exact) mass is 221 g/mol. The fraction of sp³-hybridized carbons (Fsp3) is 0.833. The zero-order valence-corrected chi connectivity index (χ0v) is 9.69. The summed E-state index contributed by atoms with van der Waals surface area (Å²) in [6.07, 6.45) is 6.48. The van der Waals surface area contributed by atoms with E-state index < -0.39 is 0 Å². The maximum atomic E-state index is 12.2. The number of nitrogens with zero attached hydrogens (tertiary/aromatic N) is 3. The topological polar surface area (TPSA) is 47.3 Å². The largest absolute Gasteiger partial charge is 0.325 e. The van der Waals surface area contributed by atoms with Crippen molar-refractivity contribution in [3.8, 4) is 6.07 Å². The van der Waals surface area contributed by atoms with Gasteiger partial charge in [0.15, 0.2) is 0 Å². The number of hydrogen-bond donors (Lipinski definition) is 0. The Morgan fingerprint density at radius 1 is 1.06 bits per heavy atom. The average molecular weight is 221 g/mol. The molecule has 0 bridgehead atoms. The van der Waals surface area contributed by atoms with E-state index in [1.165, 1.54) is 12.8 Å². The van der Waals surface area contributed by atoms with Crippen molar-refractivity contribution in [3.05, 3.63) is 0 Å². The van der Waals surface area contributed by atoms with E-state index in [-0.39, 0.29) is 12.1 Å². The van der Waals surface area contributed by atoms with Crippen LogP contribution in [-0.2, 0) is 0 Å². The van der Waals surface area contributed by atoms with E-state index in [0.29, 0.717) is 0 Å². The second-order valence-electron chi connectivity index (χ2n) is 4.66. The molecule has 1 unspecified atom stereocenters. The Morgan fingerprint density at radius 3 is 2.38 bits per heavy atom. The normalized spacial score (nSPS) is 26.3. The molecule has 0 aliphatic carbocycles. The Kier molecular flexibility index (Phi) is 3.66. The van der Waals surface area contributed by atoms with E-state index in [1.807, 2.05) is 4.90 Å². The van der Waals surface area contributed by atoms with E-state index in [1.54, 1.807) is 4.90 Å². The van der Waals surface area contributed by atoms with Gasteiger partial charge in [-0.1, -0.05) is 12.8 Å². The highest BCUT2D eigenvalue weighted by Gasteiger charge is 2.31. The molecule has 0 saturated carbocycles. The minimum atomic E-state index is -0.184.